The van der Waals surface area contributed by atoms with Gasteiger partial charge in [0.25, 0.3) is 0 Å². The van der Waals surface area contributed by atoms with E-state index < -0.39 is 0 Å². The van der Waals surface area contributed by atoms with Gasteiger partial charge in [0.2, 0.25) is 0 Å². The van der Waals surface area contributed by atoms with Gasteiger partial charge in [0.15, 0.2) is 0 Å². The molecule has 116 valence electrons. The maximum atomic E-state index is 13.5. The minimum atomic E-state index is -0.305. The van der Waals surface area contributed by atoms with Crippen molar-refractivity contribution < 1.29 is 18.6 Å². The van der Waals surface area contributed by atoms with Crippen LogP contribution in [0.2, 0.25) is 0 Å². The number of nitrogens with two attached hydrogens (primary N) is 1. The SMILES string of the molecule is CC(N)c1ccc(F)cc1OC1CCOC2(CCOC2)C1. The number of hydrogen-bond acceptors (Lipinski definition) is 4. The fraction of sp³-hybridized carbons (Fsp3) is 0.625. The van der Waals surface area contributed by atoms with E-state index in [1.165, 1.54) is 12.1 Å². The van der Waals surface area contributed by atoms with Gasteiger partial charge in [0.05, 0.1) is 18.8 Å². The normalized spacial score (nSPS) is 30.5. The topological polar surface area (TPSA) is 53.7 Å². The van der Waals surface area contributed by atoms with Crippen molar-refractivity contribution in [3.05, 3.63) is 29.6 Å². The van der Waals surface area contributed by atoms with Gasteiger partial charge >= 0.3 is 0 Å². The van der Waals surface area contributed by atoms with Gasteiger partial charge in [-0.15, -0.1) is 0 Å². The Balaban J connectivity index is 1.75. The van der Waals surface area contributed by atoms with Crippen LogP contribution < -0.4 is 10.5 Å². The largest absolute Gasteiger partial charge is 0.490 e. The minimum absolute atomic E-state index is 0.0137. The summed E-state index contributed by atoms with van der Waals surface area (Å²) in [5.74, 6) is 0.242. The predicted molar refractivity (Wildman–Crippen MR) is 76.8 cm³/mol. The van der Waals surface area contributed by atoms with Crippen LogP contribution in [0.1, 0.15) is 37.8 Å². The van der Waals surface area contributed by atoms with Crippen LogP contribution in [-0.2, 0) is 9.47 Å². The number of ether oxygens (including phenoxy) is 3. The second-order valence-corrected chi connectivity index (χ2v) is 6.04. The molecule has 2 saturated heterocycles. The second kappa shape index (κ2) is 5.91. The molecule has 21 heavy (non-hydrogen) atoms. The van der Waals surface area contributed by atoms with Gasteiger partial charge in [-0.3, -0.25) is 0 Å². The van der Waals surface area contributed by atoms with Gasteiger partial charge in [0, 0.05) is 43.5 Å². The molecule has 3 unspecified atom stereocenters. The Labute approximate surface area is 124 Å². The quantitative estimate of drug-likeness (QED) is 0.931. The molecule has 0 radical (unpaired) electrons. The first-order valence-electron chi connectivity index (χ1n) is 7.51. The van der Waals surface area contributed by atoms with E-state index in [4.69, 9.17) is 19.9 Å². The standard InChI is InChI=1S/C16H22FNO3/c1-11(18)14-3-2-12(17)8-15(14)21-13-4-6-20-16(9-13)5-7-19-10-16/h2-3,8,11,13H,4-7,9-10,18H2,1H3. The molecule has 3 atom stereocenters. The molecule has 0 aliphatic carbocycles. The Morgan fingerprint density at radius 2 is 2.29 bits per heavy atom. The summed E-state index contributed by atoms with van der Waals surface area (Å²) in [6.07, 6.45) is 2.49. The number of rotatable bonds is 3. The van der Waals surface area contributed by atoms with Crippen molar-refractivity contribution in [2.45, 2.75) is 43.9 Å². The van der Waals surface area contributed by atoms with Crippen LogP contribution in [0.25, 0.3) is 0 Å². The number of benzene rings is 1. The minimum Gasteiger partial charge on any atom is -0.490 e. The van der Waals surface area contributed by atoms with Gasteiger partial charge in [-0.05, 0) is 13.0 Å². The lowest BCUT2D eigenvalue weighted by Crippen LogP contribution is -2.44. The van der Waals surface area contributed by atoms with Crippen LogP contribution in [0.15, 0.2) is 18.2 Å². The molecule has 2 aliphatic rings. The van der Waals surface area contributed by atoms with Crippen LogP contribution in [-0.4, -0.2) is 31.5 Å². The predicted octanol–water partition coefficient (Wildman–Crippen LogP) is 2.56. The lowest BCUT2D eigenvalue weighted by molar-refractivity contribution is -0.112. The Morgan fingerprint density at radius 3 is 3.00 bits per heavy atom. The lowest BCUT2D eigenvalue weighted by Gasteiger charge is -2.37. The summed E-state index contributed by atoms with van der Waals surface area (Å²) in [5.41, 5.74) is 6.55. The summed E-state index contributed by atoms with van der Waals surface area (Å²) in [5, 5.41) is 0. The molecule has 0 saturated carbocycles. The third kappa shape index (κ3) is 3.20. The fourth-order valence-electron chi connectivity index (χ4n) is 3.11. The van der Waals surface area contributed by atoms with Crippen LogP contribution in [0.4, 0.5) is 4.39 Å². The molecular weight excluding hydrogens is 273 g/mol. The Morgan fingerprint density at radius 1 is 1.43 bits per heavy atom. The van der Waals surface area contributed by atoms with Gasteiger partial charge in [-0.2, -0.15) is 0 Å². The first-order valence-corrected chi connectivity index (χ1v) is 7.51. The molecule has 0 amide bonds. The average Bonchev–Trinajstić information content (AvgIpc) is 2.86. The van der Waals surface area contributed by atoms with E-state index in [-0.39, 0.29) is 23.6 Å². The monoisotopic (exact) mass is 295 g/mol. The van der Waals surface area contributed by atoms with E-state index in [1.807, 2.05) is 6.92 Å². The van der Waals surface area contributed by atoms with Crippen LogP contribution in [0, 0.1) is 5.82 Å². The van der Waals surface area contributed by atoms with Crippen molar-refractivity contribution >= 4 is 0 Å². The summed E-state index contributed by atoms with van der Waals surface area (Å²) >= 11 is 0. The molecule has 1 aromatic carbocycles. The van der Waals surface area contributed by atoms with Crippen molar-refractivity contribution in [1.29, 1.82) is 0 Å². The molecule has 2 aliphatic heterocycles. The van der Waals surface area contributed by atoms with E-state index in [0.717, 1.165) is 31.4 Å². The highest BCUT2D eigenvalue weighted by Gasteiger charge is 2.42. The van der Waals surface area contributed by atoms with Crippen molar-refractivity contribution in [1.82, 2.24) is 0 Å². The zero-order valence-corrected chi connectivity index (χ0v) is 12.3. The van der Waals surface area contributed by atoms with Crippen molar-refractivity contribution in [2.75, 3.05) is 19.8 Å². The van der Waals surface area contributed by atoms with Crippen LogP contribution in [0.5, 0.6) is 5.75 Å². The summed E-state index contributed by atoms with van der Waals surface area (Å²) in [6, 6.07) is 4.35. The summed E-state index contributed by atoms with van der Waals surface area (Å²) in [7, 11) is 0. The zero-order valence-electron chi connectivity index (χ0n) is 12.3. The Bertz CT molecular complexity index is 500. The fourth-order valence-corrected chi connectivity index (χ4v) is 3.11. The van der Waals surface area contributed by atoms with E-state index >= 15 is 0 Å². The molecule has 2 fully saturated rings. The smallest absolute Gasteiger partial charge is 0.127 e. The zero-order chi connectivity index (χ0) is 14.9. The Kier molecular flexibility index (Phi) is 4.15. The van der Waals surface area contributed by atoms with E-state index in [0.29, 0.717) is 19.0 Å². The molecule has 2 heterocycles. The molecule has 1 spiro atoms. The van der Waals surface area contributed by atoms with Gasteiger partial charge in [-0.25, -0.2) is 4.39 Å². The van der Waals surface area contributed by atoms with Crippen LogP contribution >= 0.6 is 0 Å². The van der Waals surface area contributed by atoms with E-state index in [2.05, 4.69) is 0 Å². The third-order valence-electron chi connectivity index (χ3n) is 4.27. The van der Waals surface area contributed by atoms with Crippen LogP contribution in [0.3, 0.4) is 0 Å². The summed E-state index contributed by atoms with van der Waals surface area (Å²) in [4.78, 5) is 0. The van der Waals surface area contributed by atoms with Crippen molar-refractivity contribution in [2.24, 2.45) is 5.73 Å². The Hall–Kier alpha value is -1.17. The molecular formula is C16H22FNO3. The molecule has 5 heteroatoms. The molecule has 3 rings (SSSR count). The van der Waals surface area contributed by atoms with E-state index in [1.54, 1.807) is 6.07 Å². The molecule has 0 aromatic heterocycles. The average molecular weight is 295 g/mol. The highest BCUT2D eigenvalue weighted by molar-refractivity contribution is 5.36. The first-order chi connectivity index (χ1) is 10.1. The van der Waals surface area contributed by atoms with Gasteiger partial charge < -0.3 is 19.9 Å². The maximum absolute atomic E-state index is 13.5. The van der Waals surface area contributed by atoms with Gasteiger partial charge in [0.1, 0.15) is 17.7 Å². The lowest BCUT2D eigenvalue weighted by atomic mass is 9.91. The summed E-state index contributed by atoms with van der Waals surface area (Å²) < 4.78 is 30.9. The highest BCUT2D eigenvalue weighted by atomic mass is 19.1. The maximum Gasteiger partial charge on any atom is 0.127 e. The third-order valence-corrected chi connectivity index (χ3v) is 4.27. The molecule has 0 bridgehead atoms. The first kappa shape index (κ1) is 14.8. The van der Waals surface area contributed by atoms with E-state index in [9.17, 15) is 4.39 Å². The molecule has 4 nitrogen and oxygen atoms in total. The molecule has 2 N–H and O–H groups in total. The number of hydrogen-bond donors (Lipinski definition) is 1. The highest BCUT2D eigenvalue weighted by Crippen LogP contribution is 2.35. The summed E-state index contributed by atoms with van der Waals surface area (Å²) in [6.45, 7) is 3.88. The van der Waals surface area contributed by atoms with Gasteiger partial charge in [-0.1, -0.05) is 6.07 Å². The molecule has 1 aromatic rings. The van der Waals surface area contributed by atoms with Crippen molar-refractivity contribution in [3.63, 3.8) is 0 Å². The second-order valence-electron chi connectivity index (χ2n) is 6.04. The van der Waals surface area contributed by atoms with Crippen molar-refractivity contribution in [3.8, 4) is 5.75 Å². The number of halogens is 1.